The van der Waals surface area contributed by atoms with Gasteiger partial charge in [0.25, 0.3) is 0 Å². The summed E-state index contributed by atoms with van der Waals surface area (Å²) in [5, 5.41) is 3.28. The molecule has 3 rings (SSSR count). The lowest BCUT2D eigenvalue weighted by atomic mass is 10.1. The van der Waals surface area contributed by atoms with E-state index in [0.717, 1.165) is 51.6 Å². The van der Waals surface area contributed by atoms with Crippen LogP contribution >= 0.6 is 0 Å². The van der Waals surface area contributed by atoms with E-state index in [1.165, 1.54) is 19.4 Å². The summed E-state index contributed by atoms with van der Waals surface area (Å²) in [5.41, 5.74) is 0. The average molecular weight is 237 g/mol. The van der Waals surface area contributed by atoms with Crippen molar-refractivity contribution in [2.75, 3.05) is 45.8 Å². The number of amides is 1. The molecule has 0 unspecified atom stereocenters. The van der Waals surface area contributed by atoms with E-state index in [4.69, 9.17) is 0 Å². The van der Waals surface area contributed by atoms with Gasteiger partial charge in [-0.25, -0.2) is 0 Å². The number of rotatable bonds is 3. The Kier molecular flexibility index (Phi) is 3.34. The molecule has 0 aromatic heterocycles. The van der Waals surface area contributed by atoms with Crippen LogP contribution in [0.1, 0.15) is 19.3 Å². The third kappa shape index (κ3) is 2.80. The molecule has 2 aliphatic heterocycles. The molecule has 3 aliphatic rings. The maximum absolute atomic E-state index is 12.2. The molecule has 4 nitrogen and oxygen atoms in total. The topological polar surface area (TPSA) is 35.6 Å². The van der Waals surface area contributed by atoms with E-state index in [2.05, 4.69) is 15.1 Å². The summed E-state index contributed by atoms with van der Waals surface area (Å²) in [7, 11) is 0. The van der Waals surface area contributed by atoms with Crippen molar-refractivity contribution in [1.82, 2.24) is 15.1 Å². The fourth-order valence-electron chi connectivity index (χ4n) is 2.94. The molecular formula is C13H23N3O. The minimum Gasteiger partial charge on any atom is -0.340 e. The number of carbonyl (C=O) groups excluding carboxylic acids is 1. The summed E-state index contributed by atoms with van der Waals surface area (Å²) < 4.78 is 0. The van der Waals surface area contributed by atoms with E-state index >= 15 is 0 Å². The van der Waals surface area contributed by atoms with Crippen LogP contribution in [-0.4, -0.2) is 61.5 Å². The van der Waals surface area contributed by atoms with Gasteiger partial charge in [-0.05, 0) is 31.7 Å². The Balaban J connectivity index is 1.44. The molecule has 2 heterocycles. The van der Waals surface area contributed by atoms with Crippen molar-refractivity contribution in [3.8, 4) is 0 Å². The van der Waals surface area contributed by atoms with Gasteiger partial charge >= 0.3 is 0 Å². The summed E-state index contributed by atoms with van der Waals surface area (Å²) in [6.07, 6.45) is 3.88. The summed E-state index contributed by atoms with van der Waals surface area (Å²) in [6, 6.07) is 0. The van der Waals surface area contributed by atoms with Crippen molar-refractivity contribution in [2.45, 2.75) is 19.3 Å². The Morgan fingerprint density at radius 2 is 1.88 bits per heavy atom. The fourth-order valence-corrected chi connectivity index (χ4v) is 2.94. The summed E-state index contributed by atoms with van der Waals surface area (Å²) >= 11 is 0. The Bertz CT molecular complexity index is 276. The zero-order chi connectivity index (χ0) is 11.7. The normalized spacial score (nSPS) is 30.8. The van der Waals surface area contributed by atoms with Gasteiger partial charge in [0.2, 0.25) is 5.91 Å². The molecule has 1 saturated carbocycles. The first kappa shape index (κ1) is 11.5. The second-order valence-electron chi connectivity index (χ2n) is 5.76. The summed E-state index contributed by atoms with van der Waals surface area (Å²) in [4.78, 5) is 16.8. The Morgan fingerprint density at radius 3 is 2.47 bits per heavy atom. The molecule has 1 aliphatic carbocycles. The van der Waals surface area contributed by atoms with Crippen LogP contribution in [0.25, 0.3) is 0 Å². The smallest absolute Gasteiger partial charge is 0.227 e. The van der Waals surface area contributed by atoms with Gasteiger partial charge in [-0.2, -0.15) is 0 Å². The number of nitrogens with one attached hydrogen (secondary N) is 1. The second kappa shape index (κ2) is 4.94. The predicted molar refractivity (Wildman–Crippen MR) is 66.7 cm³/mol. The van der Waals surface area contributed by atoms with Crippen LogP contribution in [0, 0.1) is 11.8 Å². The highest BCUT2D eigenvalue weighted by atomic mass is 16.2. The number of piperazine rings is 1. The van der Waals surface area contributed by atoms with Crippen LogP contribution in [0.3, 0.4) is 0 Å². The monoisotopic (exact) mass is 237 g/mol. The quantitative estimate of drug-likeness (QED) is 0.759. The van der Waals surface area contributed by atoms with Gasteiger partial charge in [-0.3, -0.25) is 9.69 Å². The Morgan fingerprint density at radius 1 is 1.12 bits per heavy atom. The largest absolute Gasteiger partial charge is 0.340 e. The van der Waals surface area contributed by atoms with Gasteiger partial charge in [-0.1, -0.05) is 0 Å². The fraction of sp³-hybridized carbons (Fsp3) is 0.923. The average Bonchev–Trinajstić information content (AvgIpc) is 3.00. The van der Waals surface area contributed by atoms with Crippen molar-refractivity contribution in [3.05, 3.63) is 0 Å². The molecule has 2 saturated heterocycles. The molecular weight excluding hydrogens is 214 g/mol. The molecule has 1 N–H and O–H groups in total. The third-order valence-corrected chi connectivity index (χ3v) is 4.31. The van der Waals surface area contributed by atoms with Crippen molar-refractivity contribution in [3.63, 3.8) is 0 Å². The Hall–Kier alpha value is -0.610. The number of hydrogen-bond donors (Lipinski definition) is 1. The second-order valence-corrected chi connectivity index (χ2v) is 5.76. The molecule has 1 atom stereocenters. The zero-order valence-corrected chi connectivity index (χ0v) is 10.5. The number of carbonyl (C=O) groups is 1. The van der Waals surface area contributed by atoms with E-state index in [0.29, 0.717) is 5.91 Å². The minimum atomic E-state index is 0.255. The van der Waals surface area contributed by atoms with E-state index in [1.807, 2.05) is 0 Å². The van der Waals surface area contributed by atoms with E-state index in [9.17, 15) is 4.79 Å². The molecule has 17 heavy (non-hydrogen) atoms. The van der Waals surface area contributed by atoms with Crippen molar-refractivity contribution in [2.24, 2.45) is 11.8 Å². The molecule has 0 spiro atoms. The van der Waals surface area contributed by atoms with Crippen molar-refractivity contribution < 1.29 is 4.79 Å². The highest BCUT2D eigenvalue weighted by Gasteiger charge is 2.31. The minimum absolute atomic E-state index is 0.255. The molecule has 0 radical (unpaired) electrons. The first-order valence-electron chi connectivity index (χ1n) is 7.05. The highest BCUT2D eigenvalue weighted by molar-refractivity contribution is 5.79. The third-order valence-electron chi connectivity index (χ3n) is 4.31. The predicted octanol–water partition coefficient (Wildman–Crippen LogP) is 0.150. The van der Waals surface area contributed by atoms with Crippen LogP contribution in [-0.2, 0) is 4.79 Å². The standard InChI is InChI=1S/C13H23N3O/c17-13(12-3-4-14-9-12)16-7-5-15(6-8-16)10-11-1-2-11/h11-12,14H,1-10H2/t12-/m0/s1. The molecule has 96 valence electrons. The van der Waals surface area contributed by atoms with Crippen molar-refractivity contribution >= 4 is 5.91 Å². The van der Waals surface area contributed by atoms with Gasteiger partial charge in [0, 0.05) is 39.3 Å². The lowest BCUT2D eigenvalue weighted by Gasteiger charge is -2.35. The van der Waals surface area contributed by atoms with Gasteiger partial charge in [0.1, 0.15) is 0 Å². The van der Waals surface area contributed by atoms with Gasteiger partial charge < -0.3 is 10.2 Å². The SMILES string of the molecule is O=C([C@H]1CCNC1)N1CCN(CC2CC2)CC1. The van der Waals surface area contributed by atoms with Gasteiger partial charge in [0.05, 0.1) is 5.92 Å². The molecule has 1 amide bonds. The van der Waals surface area contributed by atoms with Crippen LogP contribution < -0.4 is 5.32 Å². The molecule has 0 aromatic carbocycles. The zero-order valence-electron chi connectivity index (χ0n) is 10.5. The van der Waals surface area contributed by atoms with Gasteiger partial charge in [-0.15, -0.1) is 0 Å². The first-order valence-corrected chi connectivity index (χ1v) is 7.05. The van der Waals surface area contributed by atoms with Crippen LogP contribution in [0.2, 0.25) is 0 Å². The molecule has 4 heteroatoms. The highest BCUT2D eigenvalue weighted by Crippen LogP contribution is 2.30. The van der Waals surface area contributed by atoms with Crippen LogP contribution in [0.5, 0.6) is 0 Å². The number of nitrogens with zero attached hydrogens (tertiary/aromatic N) is 2. The molecule has 0 aromatic rings. The Labute approximate surface area is 103 Å². The lowest BCUT2D eigenvalue weighted by Crippen LogP contribution is -2.50. The van der Waals surface area contributed by atoms with E-state index < -0.39 is 0 Å². The summed E-state index contributed by atoms with van der Waals surface area (Å²) in [6.45, 7) is 7.24. The van der Waals surface area contributed by atoms with Crippen LogP contribution in [0.15, 0.2) is 0 Å². The summed E-state index contributed by atoms with van der Waals surface area (Å²) in [5.74, 6) is 1.61. The lowest BCUT2D eigenvalue weighted by molar-refractivity contribution is -0.136. The number of hydrogen-bond acceptors (Lipinski definition) is 3. The van der Waals surface area contributed by atoms with E-state index in [-0.39, 0.29) is 5.92 Å². The van der Waals surface area contributed by atoms with Crippen LogP contribution in [0.4, 0.5) is 0 Å². The maximum Gasteiger partial charge on any atom is 0.227 e. The maximum atomic E-state index is 12.2. The molecule has 0 bridgehead atoms. The van der Waals surface area contributed by atoms with Gasteiger partial charge in [0.15, 0.2) is 0 Å². The first-order chi connectivity index (χ1) is 8.33. The molecule has 3 fully saturated rings. The van der Waals surface area contributed by atoms with Crippen molar-refractivity contribution in [1.29, 1.82) is 0 Å². The van der Waals surface area contributed by atoms with E-state index in [1.54, 1.807) is 0 Å².